The summed E-state index contributed by atoms with van der Waals surface area (Å²) in [6.07, 6.45) is 1.76. The predicted molar refractivity (Wildman–Crippen MR) is 127 cm³/mol. The molecule has 7 heteroatoms. The van der Waals surface area contributed by atoms with Gasteiger partial charge in [-0.25, -0.2) is 4.79 Å². The second kappa shape index (κ2) is 9.20. The van der Waals surface area contributed by atoms with E-state index >= 15 is 0 Å². The van der Waals surface area contributed by atoms with Gasteiger partial charge in [0, 0.05) is 10.0 Å². The lowest BCUT2D eigenvalue weighted by Crippen LogP contribution is -2.21. The molecule has 0 unspecified atom stereocenters. The fourth-order valence-corrected chi connectivity index (χ4v) is 3.64. The standard InChI is InChI=1S/C25H19BrN2O4/c1-16-22(24(29)28(27-16)21-10-7-18(8-11-21)25(30)31)14-19-13-20(26)9-12-23(19)32-15-17-5-3-2-4-6-17/h2-14H,15H2,1H3,(H,30,31). The molecular weight excluding hydrogens is 472 g/mol. The van der Waals surface area contributed by atoms with Gasteiger partial charge in [-0.3, -0.25) is 4.79 Å². The number of carbonyl (C=O) groups excluding carboxylic acids is 1. The Morgan fingerprint density at radius 1 is 1.09 bits per heavy atom. The number of aromatic carboxylic acids is 1. The minimum Gasteiger partial charge on any atom is -0.488 e. The van der Waals surface area contributed by atoms with Gasteiger partial charge in [-0.15, -0.1) is 0 Å². The number of carboxylic acids is 1. The third-order valence-electron chi connectivity index (χ3n) is 4.93. The molecule has 1 aliphatic rings. The molecule has 6 nitrogen and oxygen atoms in total. The molecule has 32 heavy (non-hydrogen) atoms. The minimum absolute atomic E-state index is 0.145. The summed E-state index contributed by atoms with van der Waals surface area (Å²) in [4.78, 5) is 24.2. The number of benzene rings is 3. The van der Waals surface area contributed by atoms with Crippen molar-refractivity contribution < 1.29 is 19.4 Å². The maximum atomic E-state index is 13.1. The molecule has 1 amide bonds. The van der Waals surface area contributed by atoms with Crippen molar-refractivity contribution in [3.05, 3.63) is 99.5 Å². The third kappa shape index (κ3) is 4.63. The highest BCUT2D eigenvalue weighted by Crippen LogP contribution is 2.30. The number of ether oxygens (including phenoxy) is 1. The number of halogens is 1. The number of rotatable bonds is 6. The molecule has 4 rings (SSSR count). The van der Waals surface area contributed by atoms with Crippen molar-refractivity contribution in [3.8, 4) is 5.75 Å². The maximum Gasteiger partial charge on any atom is 0.335 e. The molecule has 0 atom stereocenters. The molecule has 0 radical (unpaired) electrons. The van der Waals surface area contributed by atoms with Crippen molar-refractivity contribution in [2.75, 3.05) is 5.01 Å². The number of amides is 1. The van der Waals surface area contributed by atoms with E-state index in [1.807, 2.05) is 48.5 Å². The van der Waals surface area contributed by atoms with Crippen LogP contribution in [0.2, 0.25) is 0 Å². The zero-order chi connectivity index (χ0) is 22.7. The van der Waals surface area contributed by atoms with Gasteiger partial charge in [0.2, 0.25) is 0 Å². The molecule has 1 N–H and O–H groups in total. The molecule has 0 spiro atoms. The molecule has 0 aliphatic carbocycles. The summed E-state index contributed by atoms with van der Waals surface area (Å²) >= 11 is 3.48. The Morgan fingerprint density at radius 3 is 2.50 bits per heavy atom. The molecule has 0 saturated heterocycles. The highest BCUT2D eigenvalue weighted by Gasteiger charge is 2.29. The Hall–Kier alpha value is -3.71. The summed E-state index contributed by atoms with van der Waals surface area (Å²) in [5, 5.41) is 14.7. The number of carboxylic acid groups (broad SMARTS) is 1. The summed E-state index contributed by atoms with van der Waals surface area (Å²) < 4.78 is 6.88. The van der Waals surface area contributed by atoms with Crippen LogP contribution in [-0.2, 0) is 11.4 Å². The Bertz CT molecular complexity index is 1230. The Labute approximate surface area is 193 Å². The van der Waals surface area contributed by atoms with Crippen molar-refractivity contribution in [1.82, 2.24) is 0 Å². The zero-order valence-electron chi connectivity index (χ0n) is 17.2. The molecule has 3 aromatic carbocycles. The van der Waals surface area contributed by atoms with E-state index in [0.717, 1.165) is 15.6 Å². The van der Waals surface area contributed by atoms with Crippen molar-refractivity contribution in [2.45, 2.75) is 13.5 Å². The molecule has 1 heterocycles. The number of nitrogens with zero attached hydrogens (tertiary/aromatic N) is 2. The van der Waals surface area contributed by atoms with Crippen molar-refractivity contribution in [3.63, 3.8) is 0 Å². The van der Waals surface area contributed by atoms with Crippen LogP contribution in [0.25, 0.3) is 6.08 Å². The van der Waals surface area contributed by atoms with Crippen LogP contribution in [0.3, 0.4) is 0 Å². The van der Waals surface area contributed by atoms with Crippen LogP contribution in [0.15, 0.2) is 87.9 Å². The van der Waals surface area contributed by atoms with Crippen molar-refractivity contribution in [2.24, 2.45) is 5.10 Å². The van der Waals surface area contributed by atoms with Crippen molar-refractivity contribution in [1.29, 1.82) is 0 Å². The van der Waals surface area contributed by atoms with E-state index in [1.54, 1.807) is 25.1 Å². The SMILES string of the molecule is CC1=NN(c2ccc(C(=O)O)cc2)C(=O)C1=Cc1cc(Br)ccc1OCc1ccccc1. The molecule has 160 valence electrons. The van der Waals surface area contributed by atoms with Gasteiger partial charge in [0.05, 0.1) is 22.5 Å². The monoisotopic (exact) mass is 490 g/mol. The summed E-state index contributed by atoms with van der Waals surface area (Å²) in [6, 6.07) is 21.5. The Balaban J connectivity index is 1.61. The fourth-order valence-electron chi connectivity index (χ4n) is 3.26. The summed E-state index contributed by atoms with van der Waals surface area (Å²) in [5.41, 5.74) is 3.43. The lowest BCUT2D eigenvalue weighted by Gasteiger charge is -2.12. The Morgan fingerprint density at radius 2 is 1.81 bits per heavy atom. The van der Waals surface area contributed by atoms with Gasteiger partial charge in [-0.2, -0.15) is 10.1 Å². The van der Waals surface area contributed by atoms with E-state index in [0.29, 0.717) is 29.3 Å². The number of hydrogen-bond acceptors (Lipinski definition) is 4. The molecule has 0 fully saturated rings. The quantitative estimate of drug-likeness (QED) is 0.460. The first-order valence-corrected chi connectivity index (χ1v) is 10.6. The second-order valence-electron chi connectivity index (χ2n) is 7.17. The van der Waals surface area contributed by atoms with E-state index in [-0.39, 0.29) is 11.5 Å². The number of carbonyl (C=O) groups is 2. The molecule has 1 aliphatic heterocycles. The summed E-state index contributed by atoms with van der Waals surface area (Å²) in [6.45, 7) is 2.17. The lowest BCUT2D eigenvalue weighted by molar-refractivity contribution is -0.114. The number of anilines is 1. The normalized spacial score (nSPS) is 14.6. The highest BCUT2D eigenvalue weighted by molar-refractivity contribution is 9.10. The van der Waals surface area contributed by atoms with Gasteiger partial charge in [-0.1, -0.05) is 46.3 Å². The van der Waals surface area contributed by atoms with Crippen LogP contribution in [-0.4, -0.2) is 22.7 Å². The largest absolute Gasteiger partial charge is 0.488 e. The molecule has 3 aromatic rings. The summed E-state index contributed by atoms with van der Waals surface area (Å²) in [5.74, 6) is -0.670. The minimum atomic E-state index is -1.03. The molecule has 0 bridgehead atoms. The van der Waals surface area contributed by atoms with E-state index in [4.69, 9.17) is 9.84 Å². The van der Waals surface area contributed by atoms with Gasteiger partial charge < -0.3 is 9.84 Å². The van der Waals surface area contributed by atoms with Crippen molar-refractivity contribution >= 4 is 45.3 Å². The van der Waals surface area contributed by atoms with Gasteiger partial charge in [0.15, 0.2) is 0 Å². The molecule has 0 aromatic heterocycles. The van der Waals surface area contributed by atoms with Crippen LogP contribution in [0.5, 0.6) is 5.75 Å². The van der Waals surface area contributed by atoms with Gasteiger partial charge >= 0.3 is 5.97 Å². The summed E-state index contributed by atoms with van der Waals surface area (Å²) in [7, 11) is 0. The highest BCUT2D eigenvalue weighted by atomic mass is 79.9. The first-order valence-electron chi connectivity index (χ1n) is 9.84. The van der Waals surface area contributed by atoms with Gasteiger partial charge in [0.25, 0.3) is 5.91 Å². The average Bonchev–Trinajstić information content (AvgIpc) is 3.07. The average molecular weight is 491 g/mol. The first-order chi connectivity index (χ1) is 15.4. The lowest BCUT2D eigenvalue weighted by atomic mass is 10.1. The Kier molecular flexibility index (Phi) is 6.18. The predicted octanol–water partition coefficient (Wildman–Crippen LogP) is 5.53. The van der Waals surface area contributed by atoms with Crippen LogP contribution < -0.4 is 9.75 Å². The van der Waals surface area contributed by atoms with Crippen LogP contribution in [0.1, 0.15) is 28.4 Å². The molecular formula is C25H19BrN2O4. The van der Waals surface area contributed by atoms with Crippen LogP contribution in [0, 0.1) is 0 Å². The number of hydrazone groups is 1. The topological polar surface area (TPSA) is 79.2 Å². The maximum absolute atomic E-state index is 13.1. The van der Waals surface area contributed by atoms with E-state index in [2.05, 4.69) is 21.0 Å². The van der Waals surface area contributed by atoms with Gasteiger partial charge in [0.1, 0.15) is 12.4 Å². The smallest absolute Gasteiger partial charge is 0.335 e. The van der Waals surface area contributed by atoms with Crippen LogP contribution in [0.4, 0.5) is 5.69 Å². The van der Waals surface area contributed by atoms with Gasteiger partial charge in [-0.05, 0) is 61.0 Å². The number of hydrogen-bond donors (Lipinski definition) is 1. The van der Waals surface area contributed by atoms with E-state index in [1.165, 1.54) is 17.1 Å². The first kappa shape index (κ1) is 21.5. The van der Waals surface area contributed by atoms with E-state index < -0.39 is 5.97 Å². The van der Waals surface area contributed by atoms with Crippen LogP contribution >= 0.6 is 15.9 Å². The van der Waals surface area contributed by atoms with E-state index in [9.17, 15) is 9.59 Å². The fraction of sp³-hybridized carbons (Fsp3) is 0.0800. The zero-order valence-corrected chi connectivity index (χ0v) is 18.7. The molecule has 0 saturated carbocycles. The second-order valence-corrected chi connectivity index (χ2v) is 8.08. The third-order valence-corrected chi connectivity index (χ3v) is 5.42.